The normalized spacial score (nSPS) is 40.5. The van der Waals surface area contributed by atoms with Crippen molar-refractivity contribution < 1.29 is 58.2 Å². The molecule has 1 amide bonds. The lowest BCUT2D eigenvalue weighted by molar-refractivity contribution is -0.265. The first kappa shape index (κ1) is 54.4. The first-order valence-electron chi connectivity index (χ1n) is 24.2. The zero-order valence-electron chi connectivity index (χ0n) is 40.9. The van der Waals surface area contributed by atoms with Crippen molar-refractivity contribution in [3.63, 3.8) is 0 Å². The highest BCUT2D eigenvalue weighted by molar-refractivity contribution is 6.39. The van der Waals surface area contributed by atoms with Crippen LogP contribution in [0.1, 0.15) is 132 Å². The minimum atomic E-state index is -2.39. The number of aliphatic hydroxyl groups excluding tert-OH is 2. The van der Waals surface area contributed by atoms with Gasteiger partial charge in [0, 0.05) is 64.9 Å². The van der Waals surface area contributed by atoms with E-state index in [0.717, 1.165) is 12.0 Å². The second kappa shape index (κ2) is 25.3. The molecule has 3 heterocycles. The Morgan fingerprint density at radius 2 is 1.52 bits per heavy atom. The van der Waals surface area contributed by atoms with Crippen LogP contribution in [0.25, 0.3) is 0 Å². The van der Waals surface area contributed by atoms with Crippen molar-refractivity contribution in [2.45, 2.75) is 180 Å². The Bertz CT molecular complexity index is 1750. The summed E-state index contributed by atoms with van der Waals surface area (Å²) in [7, 11) is 4.57. The molecule has 13 heteroatoms. The minimum Gasteiger partial charge on any atom is -0.390 e. The van der Waals surface area contributed by atoms with Gasteiger partial charge < -0.3 is 39.2 Å². The average molecular weight is 912 g/mol. The summed E-state index contributed by atoms with van der Waals surface area (Å²) < 4.78 is 23.2. The zero-order chi connectivity index (χ0) is 48.2. The van der Waals surface area contributed by atoms with Crippen LogP contribution in [0.5, 0.6) is 0 Å². The Morgan fingerprint density at radius 3 is 2.20 bits per heavy atom. The van der Waals surface area contributed by atoms with E-state index in [1.807, 2.05) is 58.1 Å². The topological polar surface area (TPSA) is 186 Å². The van der Waals surface area contributed by atoms with Crippen LogP contribution in [0.2, 0.25) is 0 Å². The summed E-state index contributed by atoms with van der Waals surface area (Å²) in [6, 6.07) is -0.917. The van der Waals surface area contributed by atoms with Crippen LogP contribution in [0.15, 0.2) is 47.6 Å². The molecule has 0 aromatic heterocycles. The lowest BCUT2D eigenvalue weighted by atomic mass is 9.74. The smallest absolute Gasteiger partial charge is 0.296 e. The number of hydrogen-bond acceptors (Lipinski definition) is 12. The van der Waals surface area contributed by atoms with Crippen LogP contribution in [-0.2, 0) is 42.9 Å². The number of hydrogen-bond donors (Lipinski definition) is 3. The lowest BCUT2D eigenvalue weighted by Crippen LogP contribution is -2.60. The fourth-order valence-corrected chi connectivity index (χ4v) is 10.6. The molecule has 2 saturated heterocycles. The quantitative estimate of drug-likeness (QED) is 0.186. The molecule has 3 aliphatic heterocycles. The van der Waals surface area contributed by atoms with Crippen molar-refractivity contribution in [2.24, 2.45) is 41.4 Å². The van der Waals surface area contributed by atoms with E-state index in [1.54, 1.807) is 41.1 Å². The van der Waals surface area contributed by atoms with Gasteiger partial charge in [-0.25, -0.2) is 0 Å². The van der Waals surface area contributed by atoms with Gasteiger partial charge in [0.2, 0.25) is 5.79 Å². The average Bonchev–Trinajstić information content (AvgIpc) is 3.28. The molecule has 3 N–H and O–H groups in total. The third kappa shape index (κ3) is 14.4. The van der Waals surface area contributed by atoms with Crippen molar-refractivity contribution in [3.8, 4) is 0 Å². The Labute approximate surface area is 388 Å². The van der Waals surface area contributed by atoms with Gasteiger partial charge in [0.1, 0.15) is 18.0 Å². The minimum absolute atomic E-state index is 0.0118. The van der Waals surface area contributed by atoms with E-state index in [-0.39, 0.29) is 60.6 Å². The summed E-state index contributed by atoms with van der Waals surface area (Å²) in [6.45, 7) is 13.1. The van der Waals surface area contributed by atoms with Gasteiger partial charge in [-0.1, -0.05) is 71.1 Å². The van der Waals surface area contributed by atoms with Crippen molar-refractivity contribution in [3.05, 3.63) is 47.6 Å². The molecule has 1 aliphatic carbocycles. The van der Waals surface area contributed by atoms with Crippen LogP contribution in [0.4, 0.5) is 0 Å². The summed E-state index contributed by atoms with van der Waals surface area (Å²) in [6.07, 6.45) is 13.2. The first-order valence-corrected chi connectivity index (χ1v) is 24.2. The molecule has 13 nitrogen and oxygen atoms in total. The molecule has 65 heavy (non-hydrogen) atoms. The van der Waals surface area contributed by atoms with Crippen molar-refractivity contribution >= 4 is 29.0 Å². The summed E-state index contributed by atoms with van der Waals surface area (Å²) in [5, 5.41) is 33.9. The van der Waals surface area contributed by atoms with Crippen LogP contribution in [0.3, 0.4) is 0 Å². The van der Waals surface area contributed by atoms with E-state index in [9.17, 15) is 39.3 Å². The number of methoxy groups -OCH3 is 3. The van der Waals surface area contributed by atoms with E-state index in [0.29, 0.717) is 69.8 Å². The summed E-state index contributed by atoms with van der Waals surface area (Å²) in [4.78, 5) is 72.3. The number of rotatable bonds is 6. The van der Waals surface area contributed by atoms with Gasteiger partial charge in [-0.2, -0.15) is 0 Å². The van der Waals surface area contributed by atoms with Crippen LogP contribution < -0.4 is 0 Å². The van der Waals surface area contributed by atoms with Gasteiger partial charge in [-0.15, -0.1) is 0 Å². The largest absolute Gasteiger partial charge is 0.390 e. The van der Waals surface area contributed by atoms with Gasteiger partial charge in [0.15, 0.2) is 11.6 Å². The van der Waals surface area contributed by atoms with Gasteiger partial charge in [-0.3, -0.25) is 24.0 Å². The predicted octanol–water partition coefficient (Wildman–Crippen LogP) is 6.84. The molecule has 0 spiro atoms. The molecule has 15 unspecified atom stereocenters. The molecule has 4 aliphatic rings. The van der Waals surface area contributed by atoms with E-state index in [4.69, 9.17) is 18.9 Å². The highest BCUT2D eigenvalue weighted by Crippen LogP contribution is 2.39. The Kier molecular flexibility index (Phi) is 21.2. The summed E-state index contributed by atoms with van der Waals surface area (Å²) in [5.41, 5.74) is 1.32. The number of Topliss-reactive ketones (excluding diaryl/α,β-unsaturated/α-hetero) is 4. The third-order valence-corrected chi connectivity index (χ3v) is 15.0. The molecule has 2 bridgehead atoms. The number of amides is 1. The monoisotopic (exact) mass is 912 g/mol. The SMILES string of the molecule is COC1CC2CCC(C)C(O)(O2)C(=O)C(=O)N2CCCCC2C(=O)CC(C(C)CC2CCC(O)C(OC)C2)CC(=O)C(C)/C=C(\C)C(O)C(OC)C(=O)C(C)CC(C)/C=C/C=C/C=C/1C. The molecular weight excluding hydrogens is 831 g/mol. The number of aliphatic hydroxyl groups is 3. The second-order valence-electron chi connectivity index (χ2n) is 20.0. The van der Waals surface area contributed by atoms with E-state index < -0.39 is 77.7 Å². The van der Waals surface area contributed by atoms with Crippen LogP contribution in [0, 0.1) is 41.4 Å². The Balaban J connectivity index is 1.70. The number of allylic oxidation sites excluding steroid dienone is 6. The first-order chi connectivity index (χ1) is 30.7. The second-order valence-corrected chi connectivity index (χ2v) is 20.0. The maximum Gasteiger partial charge on any atom is 0.296 e. The molecule has 4 rings (SSSR count). The highest BCUT2D eigenvalue weighted by Gasteiger charge is 2.53. The number of fused-ring (bicyclic) bond motifs is 3. The fraction of sp³-hybridized carbons (Fsp3) is 0.750. The number of ketones is 4. The molecule has 15 atom stereocenters. The Morgan fingerprint density at radius 1 is 0.815 bits per heavy atom. The van der Waals surface area contributed by atoms with E-state index in [2.05, 4.69) is 0 Å². The molecule has 0 radical (unpaired) electrons. The van der Waals surface area contributed by atoms with Gasteiger partial charge in [0.25, 0.3) is 11.7 Å². The molecule has 0 aromatic rings. The lowest BCUT2D eigenvalue weighted by Gasteiger charge is -2.43. The molecule has 366 valence electrons. The Hall–Kier alpha value is -3.17. The number of piperidine rings is 1. The number of nitrogens with zero attached hydrogens (tertiary/aromatic N) is 1. The van der Waals surface area contributed by atoms with Gasteiger partial charge in [0.05, 0.1) is 30.5 Å². The highest BCUT2D eigenvalue weighted by atomic mass is 16.6. The van der Waals surface area contributed by atoms with Crippen molar-refractivity contribution in [1.82, 2.24) is 4.90 Å². The third-order valence-electron chi connectivity index (χ3n) is 15.0. The summed E-state index contributed by atoms with van der Waals surface area (Å²) in [5.74, 6) is -7.12. The standard InChI is InChI=1S/C52H81NO12/c1-31-16-12-11-13-17-32(2)45(62-8)30-40-21-19-37(7)52(61,65-40)50(59)51(60)53-23-15-14-18-41(53)44(56)29-39(33(3)26-38-20-22-42(54)46(27-38)63-9)28-43(55)34(4)25-36(6)48(58)49(64-10)47(57)35(5)24-31/h11-13,16-17,25,31,33-35,37-42,45-46,48-49,54,58,61H,14-15,18-24,26-30H2,1-10H3/b13-11+,16-12+,32-17+,36-25+. The van der Waals surface area contributed by atoms with Crippen molar-refractivity contribution in [2.75, 3.05) is 27.9 Å². The molecule has 1 saturated carbocycles. The fourth-order valence-electron chi connectivity index (χ4n) is 10.6. The number of carbonyl (C=O) groups excluding carboxylic acids is 5. The van der Waals surface area contributed by atoms with Gasteiger partial charge >= 0.3 is 0 Å². The zero-order valence-corrected chi connectivity index (χ0v) is 40.9. The van der Waals surface area contributed by atoms with E-state index in [1.165, 1.54) is 12.0 Å². The molecule has 0 aromatic carbocycles. The number of ether oxygens (including phenoxy) is 4. The van der Waals surface area contributed by atoms with E-state index >= 15 is 0 Å². The predicted molar refractivity (Wildman–Crippen MR) is 248 cm³/mol. The summed E-state index contributed by atoms with van der Waals surface area (Å²) >= 11 is 0. The van der Waals surface area contributed by atoms with Crippen LogP contribution >= 0.6 is 0 Å². The molecular formula is C52H81NO12. The molecule has 3 fully saturated rings. The maximum absolute atomic E-state index is 14.6. The van der Waals surface area contributed by atoms with Crippen LogP contribution in [-0.4, -0.2) is 126 Å². The number of carbonyl (C=O) groups is 5. The van der Waals surface area contributed by atoms with Crippen molar-refractivity contribution in [1.29, 1.82) is 0 Å². The maximum atomic E-state index is 14.6. The van der Waals surface area contributed by atoms with Gasteiger partial charge in [-0.05, 0) is 113 Å².